The quantitative estimate of drug-likeness (QED) is 0.278. The predicted octanol–water partition coefficient (Wildman–Crippen LogP) is 6.82. The highest BCUT2D eigenvalue weighted by molar-refractivity contribution is 5.91. The SMILES string of the molecule is CCOc1ccccc1NC(=O)N1Cc2c(C)nn(-c3ccccc3)c2-n2cccc2C1c1ccc(C)cc1. The second-order valence-corrected chi connectivity index (χ2v) is 9.74. The molecule has 7 heteroatoms. The van der Waals surface area contributed by atoms with Gasteiger partial charge in [-0.1, -0.05) is 60.2 Å². The van der Waals surface area contributed by atoms with Crippen molar-refractivity contribution in [2.45, 2.75) is 33.4 Å². The van der Waals surface area contributed by atoms with Crippen LogP contribution in [0.25, 0.3) is 11.5 Å². The van der Waals surface area contributed by atoms with E-state index < -0.39 is 0 Å². The van der Waals surface area contributed by atoms with E-state index in [4.69, 9.17) is 9.84 Å². The fourth-order valence-corrected chi connectivity index (χ4v) is 5.29. The number of amides is 2. The Hall–Kier alpha value is -4.78. The summed E-state index contributed by atoms with van der Waals surface area (Å²) < 4.78 is 9.95. The summed E-state index contributed by atoms with van der Waals surface area (Å²) in [6.07, 6.45) is 2.06. The zero-order chi connectivity index (χ0) is 26.9. The molecule has 3 aromatic carbocycles. The number of nitrogens with one attached hydrogen (secondary N) is 1. The van der Waals surface area contributed by atoms with Gasteiger partial charge < -0.3 is 19.5 Å². The van der Waals surface area contributed by atoms with E-state index in [-0.39, 0.29) is 12.1 Å². The maximum Gasteiger partial charge on any atom is 0.323 e. The highest BCUT2D eigenvalue weighted by atomic mass is 16.5. The van der Waals surface area contributed by atoms with E-state index in [1.54, 1.807) is 0 Å². The number of fused-ring (bicyclic) bond motifs is 3. The molecule has 0 bridgehead atoms. The van der Waals surface area contributed by atoms with Crippen LogP contribution in [0.3, 0.4) is 0 Å². The Labute approximate surface area is 228 Å². The Kier molecular flexibility index (Phi) is 6.40. The van der Waals surface area contributed by atoms with Gasteiger partial charge in [0.05, 0.1) is 42.0 Å². The van der Waals surface area contributed by atoms with Crippen molar-refractivity contribution < 1.29 is 9.53 Å². The van der Waals surface area contributed by atoms with Gasteiger partial charge in [0.15, 0.2) is 0 Å². The average molecular weight is 518 g/mol. The van der Waals surface area contributed by atoms with Gasteiger partial charge in [-0.3, -0.25) is 0 Å². The third-order valence-corrected chi connectivity index (χ3v) is 7.17. The summed E-state index contributed by atoms with van der Waals surface area (Å²) >= 11 is 0. The zero-order valence-corrected chi connectivity index (χ0v) is 22.3. The maximum atomic E-state index is 14.2. The second kappa shape index (κ2) is 10.2. The van der Waals surface area contributed by atoms with Crippen molar-refractivity contribution in [3.05, 3.63) is 125 Å². The Morgan fingerprint density at radius 3 is 2.46 bits per heavy atom. The Morgan fingerprint density at radius 1 is 0.949 bits per heavy atom. The van der Waals surface area contributed by atoms with E-state index in [1.807, 2.05) is 84.1 Å². The van der Waals surface area contributed by atoms with Crippen molar-refractivity contribution in [2.75, 3.05) is 11.9 Å². The maximum absolute atomic E-state index is 14.2. The molecule has 1 aliphatic heterocycles. The number of aryl methyl sites for hydroxylation is 2. The summed E-state index contributed by atoms with van der Waals surface area (Å²) in [6.45, 7) is 6.91. The van der Waals surface area contributed by atoms with Gasteiger partial charge in [0.2, 0.25) is 0 Å². The molecule has 0 spiro atoms. The number of hydrogen-bond acceptors (Lipinski definition) is 3. The van der Waals surface area contributed by atoms with E-state index in [0.717, 1.165) is 34.0 Å². The third-order valence-electron chi connectivity index (χ3n) is 7.17. The Balaban J connectivity index is 1.51. The summed E-state index contributed by atoms with van der Waals surface area (Å²) in [5, 5.41) is 8.07. The molecule has 6 rings (SSSR count). The number of carbonyl (C=O) groups is 1. The van der Waals surface area contributed by atoms with Crippen molar-refractivity contribution in [1.29, 1.82) is 0 Å². The molecule has 39 heavy (non-hydrogen) atoms. The van der Waals surface area contributed by atoms with E-state index >= 15 is 0 Å². The van der Waals surface area contributed by atoms with Crippen molar-refractivity contribution in [2.24, 2.45) is 0 Å². The van der Waals surface area contributed by atoms with Crippen LogP contribution in [0.4, 0.5) is 10.5 Å². The van der Waals surface area contributed by atoms with E-state index in [9.17, 15) is 4.79 Å². The molecule has 5 aromatic rings. The van der Waals surface area contributed by atoms with Crippen LogP contribution < -0.4 is 10.1 Å². The lowest BCUT2D eigenvalue weighted by molar-refractivity contribution is 0.194. The monoisotopic (exact) mass is 517 g/mol. The standard InChI is InChI=1S/C32H31N5O2/c1-4-39-29-15-9-8-13-27(29)33-32(38)36-21-26-23(3)34-37(25-11-6-5-7-12-25)31(26)35-20-10-14-28(35)30(36)24-18-16-22(2)17-19-24/h5-20,30H,4,21H2,1-3H3,(H,33,38). The lowest BCUT2D eigenvalue weighted by atomic mass is 10.0. The Bertz CT molecular complexity index is 1620. The van der Waals surface area contributed by atoms with Crippen molar-refractivity contribution in [3.63, 3.8) is 0 Å². The first-order chi connectivity index (χ1) is 19.0. The number of aromatic nitrogens is 3. The molecule has 1 aliphatic rings. The number of hydrogen-bond donors (Lipinski definition) is 1. The number of ether oxygens (including phenoxy) is 1. The minimum absolute atomic E-state index is 0.208. The van der Waals surface area contributed by atoms with Gasteiger partial charge in [-0.2, -0.15) is 5.10 Å². The van der Waals surface area contributed by atoms with Gasteiger partial charge in [0.25, 0.3) is 0 Å². The number of carbonyl (C=O) groups excluding carboxylic acids is 1. The van der Waals surface area contributed by atoms with Crippen LogP contribution in [-0.4, -0.2) is 31.9 Å². The normalized spacial score (nSPS) is 14.3. The molecule has 1 N–H and O–H groups in total. The number of benzene rings is 3. The summed E-state index contributed by atoms with van der Waals surface area (Å²) in [6, 6.07) is 29.7. The molecule has 0 fully saturated rings. The van der Waals surface area contributed by atoms with Gasteiger partial charge in [-0.25, -0.2) is 9.48 Å². The molecule has 7 nitrogen and oxygen atoms in total. The molecule has 2 amide bonds. The van der Waals surface area contributed by atoms with Gasteiger partial charge in [-0.05, 0) is 62.7 Å². The highest BCUT2D eigenvalue weighted by Gasteiger charge is 2.36. The van der Waals surface area contributed by atoms with Crippen molar-refractivity contribution in [1.82, 2.24) is 19.2 Å². The van der Waals surface area contributed by atoms with E-state index in [1.165, 1.54) is 5.56 Å². The van der Waals surface area contributed by atoms with Crippen LogP contribution in [0.2, 0.25) is 0 Å². The molecular formula is C32H31N5O2. The summed E-state index contributed by atoms with van der Waals surface area (Å²) in [7, 11) is 0. The number of urea groups is 1. The minimum Gasteiger partial charge on any atom is -0.492 e. The number of para-hydroxylation sites is 3. The molecule has 0 saturated heterocycles. The van der Waals surface area contributed by atoms with E-state index in [0.29, 0.717) is 24.6 Å². The Morgan fingerprint density at radius 2 is 1.69 bits per heavy atom. The van der Waals surface area contributed by atoms with Gasteiger partial charge in [0, 0.05) is 11.8 Å². The second-order valence-electron chi connectivity index (χ2n) is 9.74. The molecular weight excluding hydrogens is 486 g/mol. The first-order valence-electron chi connectivity index (χ1n) is 13.2. The van der Waals surface area contributed by atoms with Crippen LogP contribution in [-0.2, 0) is 6.54 Å². The van der Waals surface area contributed by atoms with Crippen molar-refractivity contribution in [3.8, 4) is 17.3 Å². The predicted molar refractivity (Wildman–Crippen MR) is 153 cm³/mol. The largest absolute Gasteiger partial charge is 0.492 e. The number of rotatable bonds is 5. The lowest BCUT2D eigenvalue weighted by Crippen LogP contribution is -2.38. The first-order valence-corrected chi connectivity index (χ1v) is 13.2. The first kappa shape index (κ1) is 24.6. The summed E-state index contributed by atoms with van der Waals surface area (Å²) in [4.78, 5) is 16.1. The van der Waals surface area contributed by atoms with Gasteiger partial charge in [-0.15, -0.1) is 0 Å². The number of nitrogens with zero attached hydrogens (tertiary/aromatic N) is 4. The average Bonchev–Trinajstić information content (AvgIpc) is 3.51. The van der Waals surface area contributed by atoms with Crippen LogP contribution in [0.15, 0.2) is 97.2 Å². The third kappa shape index (κ3) is 4.46. The van der Waals surface area contributed by atoms with Crippen LogP contribution in [0, 0.1) is 13.8 Å². The molecule has 1 atom stereocenters. The molecule has 0 aliphatic carbocycles. The van der Waals surface area contributed by atoms with Crippen molar-refractivity contribution >= 4 is 11.7 Å². The topological polar surface area (TPSA) is 64.3 Å². The smallest absolute Gasteiger partial charge is 0.323 e. The van der Waals surface area contributed by atoms with Crippen LogP contribution >= 0.6 is 0 Å². The van der Waals surface area contributed by atoms with Gasteiger partial charge >= 0.3 is 6.03 Å². The van der Waals surface area contributed by atoms with Crippen LogP contribution in [0.1, 0.15) is 41.0 Å². The molecule has 0 radical (unpaired) electrons. The molecule has 0 saturated carbocycles. The highest BCUT2D eigenvalue weighted by Crippen LogP contribution is 2.39. The molecule has 3 heterocycles. The lowest BCUT2D eigenvalue weighted by Gasteiger charge is -2.31. The molecule has 1 unspecified atom stereocenters. The fraction of sp³-hybridized carbons (Fsp3) is 0.188. The number of anilines is 1. The molecule has 196 valence electrons. The summed E-state index contributed by atoms with van der Waals surface area (Å²) in [5.41, 5.74) is 6.69. The van der Waals surface area contributed by atoms with E-state index in [2.05, 4.69) is 53.3 Å². The fourth-order valence-electron chi connectivity index (χ4n) is 5.29. The minimum atomic E-state index is -0.323. The zero-order valence-electron chi connectivity index (χ0n) is 22.3. The summed E-state index contributed by atoms with van der Waals surface area (Å²) in [5.74, 6) is 1.59. The van der Waals surface area contributed by atoms with Gasteiger partial charge in [0.1, 0.15) is 11.6 Å². The molecule has 2 aromatic heterocycles. The van der Waals surface area contributed by atoms with Crippen LogP contribution in [0.5, 0.6) is 5.75 Å².